The highest BCUT2D eigenvalue weighted by molar-refractivity contribution is 5.99. The van der Waals surface area contributed by atoms with Crippen LogP contribution in [0.25, 0.3) is 11.0 Å². The fourth-order valence-electron chi connectivity index (χ4n) is 3.37. The molecule has 168 valence electrons. The maximum absolute atomic E-state index is 12.5. The van der Waals surface area contributed by atoms with Crippen LogP contribution in [0, 0.1) is 10.1 Å². The summed E-state index contributed by atoms with van der Waals surface area (Å²) in [7, 11) is 0. The number of nitro groups is 1. The summed E-state index contributed by atoms with van der Waals surface area (Å²) in [6.45, 7) is 7.21. The van der Waals surface area contributed by atoms with Gasteiger partial charge in [-0.05, 0) is 31.3 Å². The first-order chi connectivity index (χ1) is 15.4. The third-order valence-corrected chi connectivity index (χ3v) is 5.17. The number of anilines is 1. The summed E-state index contributed by atoms with van der Waals surface area (Å²) in [5.41, 5.74) is 1.60. The molecule has 0 saturated carbocycles. The number of hydrogen-bond donors (Lipinski definition) is 2. The predicted molar refractivity (Wildman–Crippen MR) is 122 cm³/mol. The van der Waals surface area contributed by atoms with Crippen LogP contribution in [-0.4, -0.2) is 57.4 Å². The van der Waals surface area contributed by atoms with Crippen molar-refractivity contribution < 1.29 is 14.5 Å². The first-order valence-electron chi connectivity index (χ1n) is 10.4. The molecule has 10 nitrogen and oxygen atoms in total. The van der Waals surface area contributed by atoms with E-state index in [4.69, 9.17) is 0 Å². The van der Waals surface area contributed by atoms with Gasteiger partial charge < -0.3 is 14.8 Å². The number of nitrogens with zero attached hydrogens (tertiary/aromatic N) is 4. The fourth-order valence-corrected chi connectivity index (χ4v) is 3.37. The molecule has 3 aromatic rings. The molecule has 0 unspecified atom stereocenters. The Hall–Kier alpha value is -3.79. The minimum atomic E-state index is -0.577. The van der Waals surface area contributed by atoms with Crippen LogP contribution < -0.4 is 10.6 Å². The maximum atomic E-state index is 12.5. The van der Waals surface area contributed by atoms with Gasteiger partial charge in [0.1, 0.15) is 0 Å². The van der Waals surface area contributed by atoms with Gasteiger partial charge in [0.25, 0.3) is 11.6 Å². The van der Waals surface area contributed by atoms with Crippen molar-refractivity contribution in [1.82, 2.24) is 19.8 Å². The van der Waals surface area contributed by atoms with Gasteiger partial charge in [0, 0.05) is 30.8 Å². The molecule has 0 saturated heterocycles. The SMILES string of the molecule is CCN(CC)CCn1c(NC(=O)CNC(=O)c2cccc([N+](=O)[O-])c2)nc2ccccc21. The first-order valence-corrected chi connectivity index (χ1v) is 10.4. The van der Waals surface area contributed by atoms with Gasteiger partial charge in [-0.2, -0.15) is 0 Å². The van der Waals surface area contributed by atoms with Crippen molar-refractivity contribution in [2.75, 3.05) is 31.5 Å². The molecule has 32 heavy (non-hydrogen) atoms. The number of nitrogens with one attached hydrogen (secondary N) is 2. The van der Waals surface area contributed by atoms with Crippen molar-refractivity contribution in [3.8, 4) is 0 Å². The van der Waals surface area contributed by atoms with Crippen LogP contribution in [0.1, 0.15) is 24.2 Å². The number of amides is 2. The van der Waals surface area contributed by atoms with Crippen LogP contribution in [0.4, 0.5) is 11.6 Å². The van der Waals surface area contributed by atoms with Gasteiger partial charge in [-0.25, -0.2) is 4.98 Å². The molecule has 0 radical (unpaired) electrons. The number of carbonyl (C=O) groups is 2. The van der Waals surface area contributed by atoms with Crippen molar-refractivity contribution in [2.45, 2.75) is 20.4 Å². The second kappa shape index (κ2) is 10.5. The molecule has 2 aromatic carbocycles. The summed E-state index contributed by atoms with van der Waals surface area (Å²) in [4.78, 5) is 41.9. The lowest BCUT2D eigenvalue weighted by Gasteiger charge is -2.19. The lowest BCUT2D eigenvalue weighted by molar-refractivity contribution is -0.384. The van der Waals surface area contributed by atoms with Crippen LogP contribution >= 0.6 is 0 Å². The van der Waals surface area contributed by atoms with E-state index < -0.39 is 16.7 Å². The Bertz CT molecular complexity index is 1120. The Kier molecular flexibility index (Phi) is 7.50. The maximum Gasteiger partial charge on any atom is 0.270 e. The van der Waals surface area contributed by atoms with Gasteiger partial charge >= 0.3 is 0 Å². The Morgan fingerprint density at radius 2 is 1.88 bits per heavy atom. The number of nitro benzene ring substituents is 1. The summed E-state index contributed by atoms with van der Waals surface area (Å²) in [6, 6.07) is 13.0. The van der Waals surface area contributed by atoms with Crippen molar-refractivity contribution in [2.24, 2.45) is 0 Å². The average molecular weight is 438 g/mol. The van der Waals surface area contributed by atoms with E-state index in [0.29, 0.717) is 12.5 Å². The highest BCUT2D eigenvalue weighted by Gasteiger charge is 2.16. The summed E-state index contributed by atoms with van der Waals surface area (Å²) < 4.78 is 1.95. The van der Waals surface area contributed by atoms with Crippen molar-refractivity contribution in [3.05, 3.63) is 64.2 Å². The van der Waals surface area contributed by atoms with E-state index in [2.05, 4.69) is 34.4 Å². The fraction of sp³-hybridized carbons (Fsp3) is 0.318. The Balaban J connectivity index is 1.68. The lowest BCUT2D eigenvalue weighted by atomic mass is 10.2. The number of rotatable bonds is 10. The number of likely N-dealkylation sites (N-methyl/N-ethyl adjacent to an activating group) is 1. The molecule has 10 heteroatoms. The molecule has 2 N–H and O–H groups in total. The van der Waals surface area contributed by atoms with E-state index in [1.165, 1.54) is 24.3 Å². The Morgan fingerprint density at radius 1 is 1.12 bits per heavy atom. The molecule has 1 heterocycles. The number of fused-ring (bicyclic) bond motifs is 1. The van der Waals surface area contributed by atoms with E-state index in [9.17, 15) is 19.7 Å². The second-order valence-electron chi connectivity index (χ2n) is 7.14. The average Bonchev–Trinajstić information content (AvgIpc) is 3.15. The monoisotopic (exact) mass is 438 g/mol. The molecule has 1 aromatic heterocycles. The minimum absolute atomic E-state index is 0.110. The van der Waals surface area contributed by atoms with E-state index in [-0.39, 0.29) is 17.8 Å². The minimum Gasteiger partial charge on any atom is -0.343 e. The Morgan fingerprint density at radius 3 is 2.59 bits per heavy atom. The zero-order valence-electron chi connectivity index (χ0n) is 18.1. The molecule has 2 amide bonds. The summed E-state index contributed by atoms with van der Waals surface area (Å²) in [6.07, 6.45) is 0. The normalized spacial score (nSPS) is 11.0. The van der Waals surface area contributed by atoms with Gasteiger partial charge in [0.05, 0.1) is 22.5 Å². The number of para-hydroxylation sites is 2. The highest BCUT2D eigenvalue weighted by atomic mass is 16.6. The number of imidazole rings is 1. The van der Waals surface area contributed by atoms with Crippen molar-refractivity contribution in [3.63, 3.8) is 0 Å². The zero-order valence-corrected chi connectivity index (χ0v) is 18.1. The Labute approximate surface area is 185 Å². The van der Waals surface area contributed by atoms with Crippen LogP contribution in [0.3, 0.4) is 0 Å². The van der Waals surface area contributed by atoms with E-state index >= 15 is 0 Å². The van der Waals surface area contributed by atoms with Crippen molar-refractivity contribution in [1.29, 1.82) is 0 Å². The van der Waals surface area contributed by atoms with Gasteiger partial charge in [0.2, 0.25) is 11.9 Å². The quantitative estimate of drug-likeness (QED) is 0.371. The largest absolute Gasteiger partial charge is 0.343 e. The van der Waals surface area contributed by atoms with E-state index in [1.54, 1.807) is 0 Å². The third-order valence-electron chi connectivity index (χ3n) is 5.17. The lowest BCUT2D eigenvalue weighted by Crippen LogP contribution is -2.34. The molecule has 0 atom stereocenters. The molecule has 0 bridgehead atoms. The van der Waals surface area contributed by atoms with Crippen molar-refractivity contribution >= 4 is 34.5 Å². The zero-order chi connectivity index (χ0) is 23.1. The number of carbonyl (C=O) groups excluding carboxylic acids is 2. The van der Waals surface area contributed by atoms with Crippen LogP contribution in [0.5, 0.6) is 0 Å². The smallest absolute Gasteiger partial charge is 0.270 e. The third kappa shape index (κ3) is 5.46. The van der Waals surface area contributed by atoms with Gasteiger partial charge in [-0.15, -0.1) is 0 Å². The van der Waals surface area contributed by atoms with Crippen LogP contribution in [-0.2, 0) is 11.3 Å². The molecule has 0 aliphatic heterocycles. The van der Waals surface area contributed by atoms with Gasteiger partial charge in [-0.3, -0.25) is 25.0 Å². The molecule has 0 aliphatic carbocycles. The molecule has 0 aliphatic rings. The number of benzene rings is 2. The van der Waals surface area contributed by atoms with E-state index in [0.717, 1.165) is 30.7 Å². The molecule has 3 rings (SSSR count). The van der Waals surface area contributed by atoms with E-state index in [1.807, 2.05) is 28.8 Å². The standard InChI is InChI=1S/C22H26N6O4/c1-3-26(4-2)12-13-27-19-11-6-5-10-18(19)24-22(27)25-20(29)15-23-21(30)16-8-7-9-17(14-16)28(31)32/h5-11,14H,3-4,12-13,15H2,1-2H3,(H,23,30)(H,24,25,29). The second-order valence-corrected chi connectivity index (χ2v) is 7.14. The van der Waals surface area contributed by atoms with Gasteiger partial charge in [0.15, 0.2) is 0 Å². The molecular formula is C22H26N6O4. The van der Waals surface area contributed by atoms with Gasteiger partial charge in [-0.1, -0.05) is 32.0 Å². The summed E-state index contributed by atoms with van der Waals surface area (Å²) in [5, 5.41) is 16.1. The topological polar surface area (TPSA) is 122 Å². The predicted octanol–water partition coefficient (Wildman–Crippen LogP) is 2.65. The summed E-state index contributed by atoms with van der Waals surface area (Å²) in [5.74, 6) is -0.602. The molecule has 0 spiro atoms. The summed E-state index contributed by atoms with van der Waals surface area (Å²) >= 11 is 0. The molecular weight excluding hydrogens is 412 g/mol. The first kappa shape index (κ1) is 22.9. The number of hydrogen-bond acceptors (Lipinski definition) is 6. The molecule has 0 fully saturated rings. The highest BCUT2D eigenvalue weighted by Crippen LogP contribution is 2.19. The number of aromatic nitrogens is 2. The van der Waals surface area contributed by atoms with Crippen LogP contribution in [0.15, 0.2) is 48.5 Å². The van der Waals surface area contributed by atoms with Crippen LogP contribution in [0.2, 0.25) is 0 Å². The number of non-ortho nitro benzene ring substituents is 1.